The molecule has 15 heavy (non-hydrogen) atoms. The summed E-state index contributed by atoms with van der Waals surface area (Å²) in [5.74, 6) is 0.326. The van der Waals surface area contributed by atoms with Crippen molar-refractivity contribution in [1.82, 2.24) is 0 Å². The second-order valence-corrected chi connectivity index (χ2v) is 4.51. The Morgan fingerprint density at radius 2 is 1.87 bits per heavy atom. The van der Waals surface area contributed by atoms with Crippen LogP contribution in [0, 0.1) is 11.8 Å². The van der Waals surface area contributed by atoms with Crippen LogP contribution in [0.15, 0.2) is 0 Å². The summed E-state index contributed by atoms with van der Waals surface area (Å²) in [5.41, 5.74) is 0. The van der Waals surface area contributed by atoms with Crippen molar-refractivity contribution in [3.05, 3.63) is 0 Å². The molecule has 0 spiro atoms. The maximum absolute atomic E-state index is 11.9. The number of aliphatic hydroxyl groups is 1. The summed E-state index contributed by atoms with van der Waals surface area (Å²) in [5, 5.41) is 9.61. The Morgan fingerprint density at radius 3 is 2.33 bits per heavy atom. The summed E-state index contributed by atoms with van der Waals surface area (Å²) in [7, 11) is 0. The van der Waals surface area contributed by atoms with E-state index in [2.05, 4.69) is 0 Å². The Bertz CT molecular complexity index is 193. The summed E-state index contributed by atoms with van der Waals surface area (Å²) in [6.45, 7) is 2.53. The van der Waals surface area contributed by atoms with Gasteiger partial charge in [0, 0.05) is 0 Å². The van der Waals surface area contributed by atoms with E-state index in [4.69, 9.17) is 4.74 Å². The monoisotopic (exact) mass is 226 g/mol. The predicted molar refractivity (Wildman–Crippen MR) is 49.4 cm³/mol. The van der Waals surface area contributed by atoms with Gasteiger partial charge >= 0.3 is 6.18 Å². The molecule has 90 valence electrons. The van der Waals surface area contributed by atoms with Crippen molar-refractivity contribution in [3.63, 3.8) is 0 Å². The van der Waals surface area contributed by atoms with Crippen molar-refractivity contribution < 1.29 is 23.0 Å². The Labute approximate surface area is 87.4 Å². The van der Waals surface area contributed by atoms with Crippen LogP contribution in [0.5, 0.6) is 0 Å². The van der Waals surface area contributed by atoms with E-state index in [1.807, 2.05) is 13.8 Å². The fourth-order valence-electron chi connectivity index (χ4n) is 2.26. The first-order valence-corrected chi connectivity index (χ1v) is 5.16. The topological polar surface area (TPSA) is 29.5 Å². The van der Waals surface area contributed by atoms with Crippen molar-refractivity contribution in [2.45, 2.75) is 45.1 Å². The molecule has 0 aromatic heterocycles. The van der Waals surface area contributed by atoms with Crippen LogP contribution >= 0.6 is 0 Å². The first-order valence-electron chi connectivity index (χ1n) is 5.16. The maximum atomic E-state index is 11.9. The molecule has 0 bridgehead atoms. The first-order chi connectivity index (χ1) is 6.79. The van der Waals surface area contributed by atoms with E-state index in [1.54, 1.807) is 0 Å². The van der Waals surface area contributed by atoms with Crippen LogP contribution in [0.1, 0.15) is 26.7 Å². The van der Waals surface area contributed by atoms with Crippen LogP contribution in [-0.2, 0) is 4.74 Å². The van der Waals surface area contributed by atoms with Gasteiger partial charge < -0.3 is 9.84 Å². The third-order valence-electron chi connectivity index (χ3n) is 2.80. The smallest absolute Gasteiger partial charge is 0.390 e. The minimum absolute atomic E-state index is 0.0221. The van der Waals surface area contributed by atoms with E-state index in [0.717, 1.165) is 6.42 Å². The molecule has 1 aliphatic carbocycles. The van der Waals surface area contributed by atoms with Gasteiger partial charge in [-0.25, -0.2) is 0 Å². The fraction of sp³-hybridized carbons (Fsp3) is 1.00. The quantitative estimate of drug-likeness (QED) is 0.783. The summed E-state index contributed by atoms with van der Waals surface area (Å²) >= 11 is 0. The first kappa shape index (κ1) is 12.8. The second kappa shape index (κ2) is 4.70. The highest BCUT2D eigenvalue weighted by molar-refractivity contribution is 4.83. The minimum atomic E-state index is -4.32. The van der Waals surface area contributed by atoms with Gasteiger partial charge in [0.15, 0.2) is 0 Å². The van der Waals surface area contributed by atoms with Gasteiger partial charge in [0.05, 0.1) is 12.2 Å². The van der Waals surface area contributed by atoms with E-state index in [-0.39, 0.29) is 5.92 Å². The Balaban J connectivity index is 2.46. The average molecular weight is 226 g/mol. The Hall–Kier alpha value is -0.290. The van der Waals surface area contributed by atoms with Gasteiger partial charge in [-0.2, -0.15) is 13.2 Å². The summed E-state index contributed by atoms with van der Waals surface area (Å²) in [6.07, 6.45) is -4.44. The molecule has 1 aliphatic rings. The van der Waals surface area contributed by atoms with Crippen molar-refractivity contribution in [1.29, 1.82) is 0 Å². The lowest BCUT2D eigenvalue weighted by Crippen LogP contribution is -2.42. The highest BCUT2D eigenvalue weighted by Crippen LogP contribution is 2.32. The van der Waals surface area contributed by atoms with E-state index >= 15 is 0 Å². The number of ether oxygens (including phenoxy) is 1. The number of hydrogen-bond donors (Lipinski definition) is 1. The Morgan fingerprint density at radius 1 is 1.27 bits per heavy atom. The van der Waals surface area contributed by atoms with Crippen LogP contribution in [0.3, 0.4) is 0 Å². The van der Waals surface area contributed by atoms with Crippen molar-refractivity contribution in [2.75, 3.05) is 6.61 Å². The molecule has 5 heteroatoms. The molecule has 2 nitrogen and oxygen atoms in total. The van der Waals surface area contributed by atoms with Crippen LogP contribution in [0.25, 0.3) is 0 Å². The molecule has 0 aliphatic heterocycles. The SMILES string of the molecule is CC1CC(C)C(OCC(F)(F)F)C(O)C1. The van der Waals surface area contributed by atoms with Crippen molar-refractivity contribution in [2.24, 2.45) is 11.8 Å². The lowest BCUT2D eigenvalue weighted by molar-refractivity contribution is -0.207. The van der Waals surface area contributed by atoms with Crippen molar-refractivity contribution >= 4 is 0 Å². The lowest BCUT2D eigenvalue weighted by atomic mass is 9.79. The second-order valence-electron chi connectivity index (χ2n) is 4.51. The Kier molecular flexibility index (Phi) is 4.00. The average Bonchev–Trinajstić information content (AvgIpc) is 1.99. The summed E-state index contributed by atoms with van der Waals surface area (Å²) < 4.78 is 40.5. The third kappa shape index (κ3) is 3.99. The molecule has 0 amide bonds. The molecule has 4 unspecified atom stereocenters. The number of halogens is 3. The zero-order valence-electron chi connectivity index (χ0n) is 8.92. The van der Waals surface area contributed by atoms with Gasteiger partial charge in [-0.1, -0.05) is 13.8 Å². The van der Waals surface area contributed by atoms with Gasteiger partial charge in [0.25, 0.3) is 0 Å². The number of alkyl halides is 3. The minimum Gasteiger partial charge on any atom is -0.390 e. The summed E-state index contributed by atoms with van der Waals surface area (Å²) in [6, 6.07) is 0. The number of rotatable bonds is 2. The molecule has 0 saturated heterocycles. The highest BCUT2D eigenvalue weighted by Gasteiger charge is 2.37. The molecule has 0 aromatic rings. The number of aliphatic hydroxyl groups excluding tert-OH is 1. The predicted octanol–water partition coefficient (Wildman–Crippen LogP) is 2.36. The van der Waals surface area contributed by atoms with E-state index in [1.165, 1.54) is 0 Å². The zero-order chi connectivity index (χ0) is 11.6. The van der Waals surface area contributed by atoms with Gasteiger partial charge in [-0.05, 0) is 24.7 Å². The molecule has 4 atom stereocenters. The molecule has 0 heterocycles. The molecular weight excluding hydrogens is 209 g/mol. The third-order valence-corrected chi connectivity index (χ3v) is 2.80. The van der Waals surface area contributed by atoms with Crippen LogP contribution < -0.4 is 0 Å². The lowest BCUT2D eigenvalue weighted by Gasteiger charge is -2.36. The van der Waals surface area contributed by atoms with E-state index < -0.39 is 25.0 Å². The van der Waals surface area contributed by atoms with E-state index in [0.29, 0.717) is 12.3 Å². The molecule has 0 aromatic carbocycles. The van der Waals surface area contributed by atoms with Crippen molar-refractivity contribution in [3.8, 4) is 0 Å². The molecule has 1 saturated carbocycles. The zero-order valence-corrected chi connectivity index (χ0v) is 8.92. The molecular formula is C10H17F3O2. The van der Waals surface area contributed by atoms with Gasteiger partial charge in [-0.3, -0.25) is 0 Å². The fourth-order valence-corrected chi connectivity index (χ4v) is 2.26. The molecule has 1 rings (SSSR count). The normalized spacial score (nSPS) is 38.0. The number of hydrogen-bond acceptors (Lipinski definition) is 2. The highest BCUT2D eigenvalue weighted by atomic mass is 19.4. The van der Waals surface area contributed by atoms with Gasteiger partial charge in [0.1, 0.15) is 6.61 Å². The molecule has 1 N–H and O–H groups in total. The standard InChI is InChI=1S/C10H17F3O2/c1-6-3-7(2)9(8(14)4-6)15-5-10(11,12)13/h6-9,14H,3-5H2,1-2H3. The van der Waals surface area contributed by atoms with Gasteiger partial charge in [0.2, 0.25) is 0 Å². The molecule has 0 radical (unpaired) electrons. The largest absolute Gasteiger partial charge is 0.411 e. The maximum Gasteiger partial charge on any atom is 0.411 e. The van der Waals surface area contributed by atoms with Crippen LogP contribution in [0.4, 0.5) is 13.2 Å². The van der Waals surface area contributed by atoms with Crippen LogP contribution in [0.2, 0.25) is 0 Å². The van der Waals surface area contributed by atoms with E-state index in [9.17, 15) is 18.3 Å². The summed E-state index contributed by atoms with van der Waals surface area (Å²) in [4.78, 5) is 0. The van der Waals surface area contributed by atoms with Gasteiger partial charge in [-0.15, -0.1) is 0 Å². The van der Waals surface area contributed by atoms with Crippen LogP contribution in [-0.4, -0.2) is 30.1 Å². The molecule has 1 fully saturated rings.